The van der Waals surface area contributed by atoms with Crippen molar-refractivity contribution in [3.8, 4) is 5.75 Å². The Balaban J connectivity index is 1.69. The van der Waals surface area contributed by atoms with Crippen molar-refractivity contribution in [2.45, 2.75) is 6.54 Å². The van der Waals surface area contributed by atoms with Crippen LogP contribution in [-0.4, -0.2) is 51.4 Å². The lowest BCUT2D eigenvalue weighted by molar-refractivity contribution is 0.0384. The van der Waals surface area contributed by atoms with Gasteiger partial charge >= 0.3 is 0 Å². The van der Waals surface area contributed by atoms with Crippen LogP contribution in [0.3, 0.4) is 0 Å². The van der Waals surface area contributed by atoms with E-state index in [0.717, 1.165) is 45.0 Å². The molecule has 0 unspecified atom stereocenters. The van der Waals surface area contributed by atoms with Gasteiger partial charge in [-0.2, -0.15) is 0 Å². The van der Waals surface area contributed by atoms with Crippen LogP contribution in [-0.2, 0) is 11.3 Å². The highest BCUT2D eigenvalue weighted by Crippen LogP contribution is 2.17. The molecule has 1 N–H and O–H groups in total. The predicted octanol–water partition coefficient (Wildman–Crippen LogP) is 1.26. The summed E-state index contributed by atoms with van der Waals surface area (Å²) in [6.07, 6.45) is 0. The zero-order valence-electron chi connectivity index (χ0n) is 11.3. The highest BCUT2D eigenvalue weighted by molar-refractivity contribution is 5.29. The van der Waals surface area contributed by atoms with Crippen LogP contribution >= 0.6 is 0 Å². The van der Waals surface area contributed by atoms with E-state index in [1.807, 2.05) is 6.07 Å². The molecule has 0 aromatic heterocycles. The predicted molar refractivity (Wildman–Crippen MR) is 71.9 cm³/mol. The highest BCUT2D eigenvalue weighted by atomic mass is 19.1. The van der Waals surface area contributed by atoms with E-state index in [-0.39, 0.29) is 11.6 Å². The third-order valence-electron chi connectivity index (χ3n) is 3.25. The fraction of sp³-hybridized carbons (Fsp3) is 0.571. The minimum atomic E-state index is -0.310. The summed E-state index contributed by atoms with van der Waals surface area (Å²) < 4.78 is 23.7. The number of ether oxygens (including phenoxy) is 2. The Hall–Kier alpha value is -1.17. The van der Waals surface area contributed by atoms with Gasteiger partial charge in [0.2, 0.25) is 0 Å². The molecule has 1 fully saturated rings. The minimum absolute atomic E-state index is 0.289. The van der Waals surface area contributed by atoms with Crippen molar-refractivity contribution in [2.75, 3.05) is 46.5 Å². The second-order valence-corrected chi connectivity index (χ2v) is 4.60. The molecule has 2 rings (SSSR count). The van der Waals surface area contributed by atoms with Crippen LogP contribution in [0, 0.1) is 5.82 Å². The Morgan fingerprint density at radius 2 is 2.16 bits per heavy atom. The van der Waals surface area contributed by atoms with Crippen molar-refractivity contribution in [2.24, 2.45) is 0 Å². The Bertz CT molecular complexity index is 395. The summed E-state index contributed by atoms with van der Waals surface area (Å²) in [5.74, 6) is -0.0213. The quantitative estimate of drug-likeness (QED) is 0.788. The van der Waals surface area contributed by atoms with Crippen molar-refractivity contribution in [3.05, 3.63) is 29.6 Å². The van der Waals surface area contributed by atoms with Crippen LogP contribution in [0.4, 0.5) is 4.39 Å². The van der Waals surface area contributed by atoms with Gasteiger partial charge in [0.05, 0.1) is 20.3 Å². The van der Waals surface area contributed by atoms with Gasteiger partial charge in [-0.1, -0.05) is 6.07 Å². The van der Waals surface area contributed by atoms with Crippen molar-refractivity contribution in [1.82, 2.24) is 10.2 Å². The maximum Gasteiger partial charge on any atom is 0.165 e. The first-order valence-corrected chi connectivity index (χ1v) is 6.63. The lowest BCUT2D eigenvalue weighted by Gasteiger charge is -2.26. The van der Waals surface area contributed by atoms with E-state index in [9.17, 15) is 4.39 Å². The second kappa shape index (κ2) is 7.43. The molecule has 0 amide bonds. The molecule has 5 heteroatoms. The zero-order chi connectivity index (χ0) is 13.5. The third kappa shape index (κ3) is 4.45. The number of halogens is 1. The Morgan fingerprint density at radius 1 is 1.37 bits per heavy atom. The van der Waals surface area contributed by atoms with E-state index in [1.165, 1.54) is 13.2 Å². The number of methoxy groups -OCH3 is 1. The second-order valence-electron chi connectivity index (χ2n) is 4.60. The maximum atomic E-state index is 13.5. The number of nitrogens with zero attached hydrogens (tertiary/aromatic N) is 1. The normalized spacial score (nSPS) is 16.5. The summed E-state index contributed by atoms with van der Waals surface area (Å²) in [6.45, 7) is 6.21. The molecule has 1 aromatic rings. The fourth-order valence-corrected chi connectivity index (χ4v) is 2.11. The summed E-state index contributed by atoms with van der Waals surface area (Å²) in [6, 6.07) is 5.05. The summed E-state index contributed by atoms with van der Waals surface area (Å²) in [7, 11) is 1.47. The van der Waals surface area contributed by atoms with Crippen molar-refractivity contribution < 1.29 is 13.9 Å². The molecule has 0 aliphatic carbocycles. The number of hydrogen-bond acceptors (Lipinski definition) is 4. The number of morpholine rings is 1. The molecule has 0 saturated carbocycles. The van der Waals surface area contributed by atoms with Crippen LogP contribution < -0.4 is 10.1 Å². The third-order valence-corrected chi connectivity index (χ3v) is 3.25. The van der Waals surface area contributed by atoms with Gasteiger partial charge in [-0.25, -0.2) is 4.39 Å². The van der Waals surface area contributed by atoms with E-state index < -0.39 is 0 Å². The summed E-state index contributed by atoms with van der Waals surface area (Å²) in [5.41, 5.74) is 0.931. The SMILES string of the molecule is COc1ccc(CNCCN2CCOCC2)cc1F. The molecule has 106 valence electrons. The molecule has 0 spiro atoms. The monoisotopic (exact) mass is 268 g/mol. The molecule has 0 bridgehead atoms. The van der Waals surface area contributed by atoms with Gasteiger partial charge in [0, 0.05) is 32.7 Å². The summed E-state index contributed by atoms with van der Waals surface area (Å²) in [4.78, 5) is 2.37. The van der Waals surface area contributed by atoms with Crippen molar-refractivity contribution >= 4 is 0 Å². The smallest absolute Gasteiger partial charge is 0.165 e. The number of nitrogens with one attached hydrogen (secondary N) is 1. The molecular weight excluding hydrogens is 247 g/mol. The number of hydrogen-bond donors (Lipinski definition) is 1. The van der Waals surface area contributed by atoms with Crippen LogP contribution in [0.15, 0.2) is 18.2 Å². The first kappa shape index (κ1) is 14.2. The topological polar surface area (TPSA) is 33.7 Å². The maximum absolute atomic E-state index is 13.5. The van der Waals surface area contributed by atoms with E-state index in [4.69, 9.17) is 9.47 Å². The van der Waals surface area contributed by atoms with E-state index in [1.54, 1.807) is 6.07 Å². The molecule has 0 radical (unpaired) electrons. The zero-order valence-corrected chi connectivity index (χ0v) is 11.3. The van der Waals surface area contributed by atoms with Gasteiger partial charge in [0.15, 0.2) is 11.6 Å². The van der Waals surface area contributed by atoms with Gasteiger partial charge in [0.1, 0.15) is 0 Å². The molecule has 1 aliphatic rings. The standard InChI is InChI=1S/C14H21FN2O2/c1-18-14-3-2-12(10-13(14)15)11-16-4-5-17-6-8-19-9-7-17/h2-3,10,16H,4-9,11H2,1H3. The first-order valence-electron chi connectivity index (χ1n) is 6.63. The molecule has 0 atom stereocenters. The fourth-order valence-electron chi connectivity index (χ4n) is 2.11. The van der Waals surface area contributed by atoms with Crippen LogP contribution in [0.1, 0.15) is 5.56 Å². The van der Waals surface area contributed by atoms with Gasteiger partial charge in [-0.05, 0) is 17.7 Å². The van der Waals surface area contributed by atoms with E-state index in [2.05, 4.69) is 10.2 Å². The van der Waals surface area contributed by atoms with Crippen LogP contribution in [0.2, 0.25) is 0 Å². The molecular formula is C14H21FN2O2. The number of benzene rings is 1. The Morgan fingerprint density at radius 3 is 2.84 bits per heavy atom. The highest BCUT2D eigenvalue weighted by Gasteiger charge is 2.09. The molecule has 1 aliphatic heterocycles. The van der Waals surface area contributed by atoms with Gasteiger partial charge in [-0.15, -0.1) is 0 Å². The van der Waals surface area contributed by atoms with Gasteiger partial charge in [-0.3, -0.25) is 4.90 Å². The Labute approximate surface area is 113 Å². The minimum Gasteiger partial charge on any atom is -0.494 e. The van der Waals surface area contributed by atoms with Crippen molar-refractivity contribution in [1.29, 1.82) is 0 Å². The van der Waals surface area contributed by atoms with Crippen LogP contribution in [0.25, 0.3) is 0 Å². The molecule has 19 heavy (non-hydrogen) atoms. The lowest BCUT2D eigenvalue weighted by Crippen LogP contribution is -2.40. The first-order chi connectivity index (χ1) is 9.29. The largest absolute Gasteiger partial charge is 0.494 e. The van der Waals surface area contributed by atoms with Crippen LogP contribution in [0.5, 0.6) is 5.75 Å². The lowest BCUT2D eigenvalue weighted by atomic mass is 10.2. The summed E-state index contributed by atoms with van der Waals surface area (Å²) >= 11 is 0. The molecule has 1 aromatic carbocycles. The van der Waals surface area contributed by atoms with E-state index >= 15 is 0 Å². The summed E-state index contributed by atoms with van der Waals surface area (Å²) in [5, 5.41) is 3.32. The average Bonchev–Trinajstić information content (AvgIpc) is 2.45. The average molecular weight is 268 g/mol. The van der Waals surface area contributed by atoms with Gasteiger partial charge in [0.25, 0.3) is 0 Å². The van der Waals surface area contributed by atoms with Crippen molar-refractivity contribution in [3.63, 3.8) is 0 Å². The number of rotatable bonds is 6. The molecule has 4 nitrogen and oxygen atoms in total. The Kier molecular flexibility index (Phi) is 5.57. The molecule has 1 heterocycles. The van der Waals surface area contributed by atoms with Gasteiger partial charge < -0.3 is 14.8 Å². The van der Waals surface area contributed by atoms with E-state index in [0.29, 0.717) is 6.54 Å². The molecule has 1 saturated heterocycles.